The highest BCUT2D eigenvalue weighted by Crippen LogP contribution is 2.02. The van der Waals surface area contributed by atoms with Gasteiger partial charge in [0.2, 0.25) is 0 Å². The van der Waals surface area contributed by atoms with Crippen LogP contribution < -0.4 is 0 Å². The molecule has 0 rings (SSSR count). The van der Waals surface area contributed by atoms with E-state index in [9.17, 15) is 13.2 Å². The second-order valence-electron chi connectivity index (χ2n) is 1.63. The number of carboxylic acid groups (broad SMARTS) is 1. The Morgan fingerprint density at radius 3 is 2.00 bits per heavy atom. The predicted octanol–water partition coefficient (Wildman–Crippen LogP) is -0.448. The molecule has 0 aliphatic carbocycles. The van der Waals surface area contributed by atoms with Crippen LogP contribution in [0.4, 0.5) is 0 Å². The number of carboxylic acids is 1. The van der Waals surface area contributed by atoms with Crippen LogP contribution >= 0.6 is 0 Å². The summed E-state index contributed by atoms with van der Waals surface area (Å²) >= 11 is 0. The molecular formula is C4H7O5S. The third-order valence-electron chi connectivity index (χ3n) is 0.897. The second-order valence-corrected chi connectivity index (χ2v) is 3.23. The molecule has 0 bridgehead atoms. The molecule has 5 nitrogen and oxygen atoms in total. The van der Waals surface area contributed by atoms with E-state index in [4.69, 9.17) is 9.66 Å². The molecule has 0 fully saturated rings. The Kier molecular flexibility index (Phi) is 2.79. The van der Waals surface area contributed by atoms with Crippen molar-refractivity contribution in [1.82, 2.24) is 0 Å². The quantitative estimate of drug-likeness (QED) is 0.555. The van der Waals surface area contributed by atoms with Crippen molar-refractivity contribution in [2.24, 2.45) is 0 Å². The van der Waals surface area contributed by atoms with Gasteiger partial charge in [0, 0.05) is 0 Å². The minimum absolute atomic E-state index is 0.381. The van der Waals surface area contributed by atoms with E-state index in [1.165, 1.54) is 0 Å². The Morgan fingerprint density at radius 2 is 2.00 bits per heavy atom. The van der Waals surface area contributed by atoms with Crippen LogP contribution in [0.1, 0.15) is 6.42 Å². The molecule has 1 unspecified atom stereocenters. The lowest BCUT2D eigenvalue weighted by atomic mass is 10.3. The van der Waals surface area contributed by atoms with Crippen molar-refractivity contribution in [2.75, 3.05) is 0 Å². The van der Waals surface area contributed by atoms with Crippen LogP contribution in [0.15, 0.2) is 0 Å². The van der Waals surface area contributed by atoms with Crippen molar-refractivity contribution in [3.05, 3.63) is 6.92 Å². The van der Waals surface area contributed by atoms with Gasteiger partial charge in [-0.15, -0.1) is 0 Å². The average Bonchev–Trinajstić information content (AvgIpc) is 1.60. The molecule has 1 radical (unpaired) electrons. The molecule has 0 saturated heterocycles. The summed E-state index contributed by atoms with van der Waals surface area (Å²) in [5, 5.41) is 6.33. The van der Waals surface area contributed by atoms with Gasteiger partial charge in [0.25, 0.3) is 10.1 Å². The van der Waals surface area contributed by atoms with Gasteiger partial charge in [0.05, 0.1) is 0 Å². The predicted molar refractivity (Wildman–Crippen MR) is 32.9 cm³/mol. The summed E-state index contributed by atoms with van der Waals surface area (Å²) < 4.78 is 28.5. The fourth-order valence-corrected chi connectivity index (χ4v) is 0.952. The summed E-state index contributed by atoms with van der Waals surface area (Å²) in [5.74, 6) is -1.59. The lowest BCUT2D eigenvalue weighted by Crippen LogP contribution is -2.28. The molecule has 0 aromatic rings. The van der Waals surface area contributed by atoms with Gasteiger partial charge in [-0.25, -0.2) is 0 Å². The van der Waals surface area contributed by atoms with Crippen molar-refractivity contribution in [1.29, 1.82) is 0 Å². The van der Waals surface area contributed by atoms with Crippen LogP contribution in [-0.2, 0) is 14.9 Å². The fraction of sp³-hybridized carbons (Fsp3) is 0.500. The summed E-state index contributed by atoms with van der Waals surface area (Å²) in [6.45, 7) is 3.05. The van der Waals surface area contributed by atoms with Gasteiger partial charge >= 0.3 is 5.97 Å². The SMILES string of the molecule is [CH2]CC(C(=O)O)S(=O)(=O)O. The summed E-state index contributed by atoms with van der Waals surface area (Å²) in [5.41, 5.74) is 0. The van der Waals surface area contributed by atoms with E-state index in [0.29, 0.717) is 0 Å². The summed E-state index contributed by atoms with van der Waals surface area (Å²) in [6.07, 6.45) is -0.381. The Bertz CT molecular complexity index is 216. The van der Waals surface area contributed by atoms with Crippen molar-refractivity contribution < 1.29 is 22.9 Å². The number of hydrogen-bond acceptors (Lipinski definition) is 3. The lowest BCUT2D eigenvalue weighted by molar-refractivity contribution is -0.136. The van der Waals surface area contributed by atoms with Gasteiger partial charge < -0.3 is 5.11 Å². The Labute approximate surface area is 58.4 Å². The molecule has 59 valence electrons. The van der Waals surface area contributed by atoms with Gasteiger partial charge in [-0.05, 0) is 6.42 Å². The van der Waals surface area contributed by atoms with Gasteiger partial charge in [-0.2, -0.15) is 8.42 Å². The van der Waals surface area contributed by atoms with Gasteiger partial charge in [-0.3, -0.25) is 9.35 Å². The van der Waals surface area contributed by atoms with Crippen LogP contribution in [0, 0.1) is 6.92 Å². The van der Waals surface area contributed by atoms with Crippen molar-refractivity contribution in [2.45, 2.75) is 11.7 Å². The largest absolute Gasteiger partial charge is 0.480 e. The van der Waals surface area contributed by atoms with E-state index in [1.54, 1.807) is 0 Å². The molecule has 0 aromatic heterocycles. The highest BCUT2D eigenvalue weighted by atomic mass is 32.2. The first-order valence-corrected chi connectivity index (χ1v) is 3.88. The van der Waals surface area contributed by atoms with E-state index in [2.05, 4.69) is 6.92 Å². The molecule has 6 heteroatoms. The van der Waals surface area contributed by atoms with E-state index in [0.717, 1.165) is 0 Å². The molecule has 0 aliphatic heterocycles. The van der Waals surface area contributed by atoms with Crippen molar-refractivity contribution in [3.63, 3.8) is 0 Å². The topological polar surface area (TPSA) is 91.7 Å². The van der Waals surface area contributed by atoms with Crippen molar-refractivity contribution >= 4 is 16.1 Å². The Hall–Kier alpha value is -0.620. The highest BCUT2D eigenvalue weighted by Gasteiger charge is 2.28. The molecule has 0 aromatic carbocycles. The molecule has 2 N–H and O–H groups in total. The van der Waals surface area contributed by atoms with E-state index in [-0.39, 0.29) is 6.42 Å². The zero-order valence-corrected chi connectivity index (χ0v) is 5.84. The molecule has 0 heterocycles. The fourth-order valence-electron chi connectivity index (χ4n) is 0.400. The Balaban J connectivity index is 4.55. The molecule has 1 atom stereocenters. The van der Waals surface area contributed by atoms with Crippen molar-refractivity contribution in [3.8, 4) is 0 Å². The maximum Gasteiger partial charge on any atom is 0.324 e. The first-order valence-electron chi connectivity index (χ1n) is 2.38. The molecule has 0 amide bonds. The minimum Gasteiger partial charge on any atom is -0.480 e. The average molecular weight is 167 g/mol. The number of hydrogen-bond donors (Lipinski definition) is 2. The monoisotopic (exact) mass is 167 g/mol. The smallest absolute Gasteiger partial charge is 0.324 e. The zero-order valence-electron chi connectivity index (χ0n) is 5.02. The second kappa shape index (κ2) is 2.98. The first kappa shape index (κ1) is 9.38. The standard InChI is InChI=1S/C4H7O5S/c1-2-3(4(5)6)10(7,8)9/h3H,1-2H2,(H,5,6)(H,7,8,9). The maximum atomic E-state index is 10.1. The minimum atomic E-state index is -4.48. The van der Waals surface area contributed by atoms with Crippen LogP contribution in [0.25, 0.3) is 0 Å². The highest BCUT2D eigenvalue weighted by molar-refractivity contribution is 7.87. The molecule has 0 spiro atoms. The van der Waals surface area contributed by atoms with Crippen LogP contribution in [0.5, 0.6) is 0 Å². The maximum absolute atomic E-state index is 10.1. The van der Waals surface area contributed by atoms with Gasteiger partial charge in [0.1, 0.15) is 0 Å². The number of rotatable bonds is 3. The summed E-state index contributed by atoms with van der Waals surface area (Å²) in [6, 6.07) is 0. The normalized spacial score (nSPS) is 14.6. The van der Waals surface area contributed by atoms with Crippen LogP contribution in [0.2, 0.25) is 0 Å². The van der Waals surface area contributed by atoms with Crippen LogP contribution in [0.3, 0.4) is 0 Å². The lowest BCUT2D eigenvalue weighted by Gasteiger charge is -2.03. The van der Waals surface area contributed by atoms with E-state index < -0.39 is 21.3 Å². The summed E-state index contributed by atoms with van der Waals surface area (Å²) in [4.78, 5) is 10.00. The third kappa shape index (κ3) is 2.32. The van der Waals surface area contributed by atoms with E-state index in [1.807, 2.05) is 0 Å². The van der Waals surface area contributed by atoms with Gasteiger partial charge in [-0.1, -0.05) is 6.92 Å². The molecular weight excluding hydrogens is 160 g/mol. The Morgan fingerprint density at radius 1 is 1.60 bits per heavy atom. The molecule has 0 aliphatic rings. The van der Waals surface area contributed by atoms with Crippen LogP contribution in [-0.4, -0.2) is 29.3 Å². The number of carbonyl (C=O) groups is 1. The zero-order chi connectivity index (χ0) is 8.36. The third-order valence-corrected chi connectivity index (χ3v) is 2.05. The molecule has 0 saturated carbocycles. The molecule has 10 heavy (non-hydrogen) atoms. The summed E-state index contributed by atoms with van der Waals surface area (Å²) in [7, 11) is -4.48. The van der Waals surface area contributed by atoms with Gasteiger partial charge in [0.15, 0.2) is 5.25 Å². The van der Waals surface area contributed by atoms with E-state index >= 15 is 0 Å². The number of aliphatic carboxylic acids is 1. The first-order chi connectivity index (χ1) is 4.39.